The highest BCUT2D eigenvalue weighted by Crippen LogP contribution is 2.39. The second-order valence-electron chi connectivity index (χ2n) is 5.19. The molecule has 1 aliphatic rings. The zero-order valence-corrected chi connectivity index (χ0v) is 11.4. The van der Waals surface area contributed by atoms with E-state index < -0.39 is 11.5 Å². The van der Waals surface area contributed by atoms with Crippen LogP contribution in [0.5, 0.6) is 0 Å². The van der Waals surface area contributed by atoms with Gasteiger partial charge in [-0.2, -0.15) is 10.2 Å². The summed E-state index contributed by atoms with van der Waals surface area (Å²) in [6.07, 6.45) is 3.83. The number of hydrogen-bond donors (Lipinski definition) is 1. The number of fused-ring (bicyclic) bond motifs is 1. The van der Waals surface area contributed by atoms with Crippen LogP contribution in [-0.4, -0.2) is 33.4 Å². The van der Waals surface area contributed by atoms with Crippen molar-refractivity contribution >= 4 is 22.6 Å². The van der Waals surface area contributed by atoms with Crippen molar-refractivity contribution in [2.75, 3.05) is 11.4 Å². The van der Waals surface area contributed by atoms with E-state index in [4.69, 9.17) is 0 Å². The molecule has 0 bridgehead atoms. The van der Waals surface area contributed by atoms with Crippen LogP contribution < -0.4 is 4.90 Å². The van der Waals surface area contributed by atoms with Crippen LogP contribution in [0.25, 0.3) is 10.9 Å². The van der Waals surface area contributed by atoms with Gasteiger partial charge in [-0.05, 0) is 25.3 Å². The van der Waals surface area contributed by atoms with Crippen LogP contribution >= 0.6 is 0 Å². The number of nitrogens with zero attached hydrogens (tertiary/aromatic N) is 3. The van der Waals surface area contributed by atoms with Gasteiger partial charge in [-0.25, -0.2) is 4.79 Å². The highest BCUT2D eigenvalue weighted by molar-refractivity contribution is 5.94. The van der Waals surface area contributed by atoms with Crippen molar-refractivity contribution in [3.05, 3.63) is 30.5 Å². The Hall–Kier alpha value is -2.17. The average molecular weight is 271 g/mol. The highest BCUT2D eigenvalue weighted by atomic mass is 16.4. The minimum Gasteiger partial charge on any atom is -0.479 e. The first-order valence-electron chi connectivity index (χ1n) is 6.90. The number of aromatic nitrogens is 2. The molecule has 5 heteroatoms. The lowest BCUT2D eigenvalue weighted by atomic mass is 9.92. The van der Waals surface area contributed by atoms with Crippen molar-refractivity contribution in [2.45, 2.75) is 31.7 Å². The number of anilines is 1. The Bertz CT molecular complexity index is 653. The Morgan fingerprint density at radius 2 is 2.25 bits per heavy atom. The van der Waals surface area contributed by atoms with E-state index in [0.29, 0.717) is 12.8 Å². The van der Waals surface area contributed by atoms with Crippen LogP contribution in [0.1, 0.15) is 26.2 Å². The Balaban J connectivity index is 2.17. The predicted octanol–water partition coefficient (Wildman–Crippen LogP) is 2.46. The molecule has 104 valence electrons. The monoisotopic (exact) mass is 271 g/mol. The first-order chi connectivity index (χ1) is 9.69. The standard InChI is InChI=1S/C15H17N3O2/c1-2-15(14(19)20)8-5-9-18(15)13-10-16-17-12-7-4-3-6-11(12)13/h3-4,6-7,10H,2,5,8-9H2,1H3,(H,19,20). The molecule has 2 aromatic rings. The van der Waals surface area contributed by atoms with Crippen LogP contribution in [0.15, 0.2) is 30.5 Å². The summed E-state index contributed by atoms with van der Waals surface area (Å²) in [4.78, 5) is 13.8. The molecule has 20 heavy (non-hydrogen) atoms. The van der Waals surface area contributed by atoms with Gasteiger partial charge in [0.25, 0.3) is 0 Å². The Morgan fingerprint density at radius 3 is 3.00 bits per heavy atom. The van der Waals surface area contributed by atoms with Crippen molar-refractivity contribution < 1.29 is 9.90 Å². The maximum atomic E-state index is 11.8. The van der Waals surface area contributed by atoms with Gasteiger partial charge in [-0.15, -0.1) is 0 Å². The third-order valence-corrected chi connectivity index (χ3v) is 4.29. The summed E-state index contributed by atoms with van der Waals surface area (Å²) in [5, 5.41) is 18.8. The number of aliphatic carboxylic acids is 1. The first-order valence-corrected chi connectivity index (χ1v) is 6.90. The van der Waals surface area contributed by atoms with E-state index in [-0.39, 0.29) is 0 Å². The maximum absolute atomic E-state index is 11.8. The van der Waals surface area contributed by atoms with Gasteiger partial charge in [0.2, 0.25) is 0 Å². The van der Waals surface area contributed by atoms with Gasteiger partial charge in [-0.1, -0.05) is 25.1 Å². The lowest BCUT2D eigenvalue weighted by Crippen LogP contribution is -2.50. The Labute approximate surface area is 117 Å². The fraction of sp³-hybridized carbons (Fsp3) is 0.400. The van der Waals surface area contributed by atoms with Crippen LogP contribution in [0, 0.1) is 0 Å². The molecule has 0 amide bonds. The quantitative estimate of drug-likeness (QED) is 0.928. The fourth-order valence-electron chi connectivity index (χ4n) is 3.18. The third-order valence-electron chi connectivity index (χ3n) is 4.29. The van der Waals surface area contributed by atoms with Crippen molar-refractivity contribution in [3.63, 3.8) is 0 Å². The van der Waals surface area contributed by atoms with Gasteiger partial charge in [0, 0.05) is 11.9 Å². The van der Waals surface area contributed by atoms with Crippen LogP contribution in [0.4, 0.5) is 5.69 Å². The summed E-state index contributed by atoms with van der Waals surface area (Å²) >= 11 is 0. The van der Waals surface area contributed by atoms with E-state index in [1.54, 1.807) is 6.20 Å². The van der Waals surface area contributed by atoms with Gasteiger partial charge in [0.1, 0.15) is 5.54 Å². The number of rotatable bonds is 3. The average Bonchev–Trinajstić information content (AvgIpc) is 2.91. The lowest BCUT2D eigenvalue weighted by molar-refractivity contribution is -0.143. The number of hydrogen-bond acceptors (Lipinski definition) is 4. The third kappa shape index (κ3) is 1.73. The lowest BCUT2D eigenvalue weighted by Gasteiger charge is -2.35. The van der Waals surface area contributed by atoms with E-state index in [9.17, 15) is 9.90 Å². The molecule has 1 saturated heterocycles. The molecule has 2 heterocycles. The summed E-state index contributed by atoms with van der Waals surface area (Å²) < 4.78 is 0. The van der Waals surface area contributed by atoms with E-state index >= 15 is 0 Å². The molecule has 5 nitrogen and oxygen atoms in total. The van der Waals surface area contributed by atoms with E-state index in [1.165, 1.54) is 0 Å². The van der Waals surface area contributed by atoms with E-state index in [2.05, 4.69) is 10.2 Å². The van der Waals surface area contributed by atoms with Gasteiger partial charge in [0.15, 0.2) is 0 Å². The maximum Gasteiger partial charge on any atom is 0.329 e. The Morgan fingerprint density at radius 1 is 1.45 bits per heavy atom. The molecule has 1 N–H and O–H groups in total. The number of carboxylic acid groups (broad SMARTS) is 1. The number of carboxylic acids is 1. The molecular formula is C15H17N3O2. The predicted molar refractivity (Wildman–Crippen MR) is 76.8 cm³/mol. The van der Waals surface area contributed by atoms with E-state index in [1.807, 2.05) is 36.1 Å². The SMILES string of the molecule is CCC1(C(=O)O)CCCN1c1cnnc2ccccc12. The summed E-state index contributed by atoms with van der Waals surface area (Å²) in [5.41, 5.74) is 0.857. The second-order valence-corrected chi connectivity index (χ2v) is 5.19. The molecule has 0 aliphatic carbocycles. The Kier molecular flexibility index (Phi) is 3.04. The molecule has 1 unspecified atom stereocenters. The van der Waals surface area contributed by atoms with Crippen molar-refractivity contribution in [1.82, 2.24) is 10.2 Å². The normalized spacial score (nSPS) is 22.4. The van der Waals surface area contributed by atoms with Crippen molar-refractivity contribution in [3.8, 4) is 0 Å². The molecule has 0 saturated carbocycles. The topological polar surface area (TPSA) is 66.3 Å². The minimum atomic E-state index is -0.814. The molecule has 0 radical (unpaired) electrons. The zero-order valence-electron chi connectivity index (χ0n) is 11.4. The number of benzene rings is 1. The van der Waals surface area contributed by atoms with Gasteiger partial charge in [0.05, 0.1) is 17.4 Å². The van der Waals surface area contributed by atoms with Gasteiger partial charge in [-0.3, -0.25) is 0 Å². The zero-order chi connectivity index (χ0) is 14.2. The molecule has 1 fully saturated rings. The summed E-state index contributed by atoms with van der Waals surface area (Å²) in [6.45, 7) is 2.68. The van der Waals surface area contributed by atoms with Crippen LogP contribution in [-0.2, 0) is 4.79 Å². The fourth-order valence-corrected chi connectivity index (χ4v) is 3.18. The summed E-state index contributed by atoms with van der Waals surface area (Å²) in [6, 6.07) is 7.73. The molecule has 1 atom stereocenters. The summed E-state index contributed by atoms with van der Waals surface area (Å²) in [7, 11) is 0. The molecule has 1 aromatic carbocycles. The summed E-state index contributed by atoms with van der Waals surface area (Å²) in [5.74, 6) is -0.751. The number of carbonyl (C=O) groups is 1. The van der Waals surface area contributed by atoms with Crippen LogP contribution in [0.2, 0.25) is 0 Å². The smallest absolute Gasteiger partial charge is 0.329 e. The second kappa shape index (κ2) is 4.74. The molecule has 0 spiro atoms. The largest absolute Gasteiger partial charge is 0.479 e. The molecule has 3 rings (SSSR count). The van der Waals surface area contributed by atoms with Crippen molar-refractivity contribution in [1.29, 1.82) is 0 Å². The van der Waals surface area contributed by atoms with Crippen molar-refractivity contribution in [2.24, 2.45) is 0 Å². The van der Waals surface area contributed by atoms with Gasteiger partial charge >= 0.3 is 5.97 Å². The molecular weight excluding hydrogens is 254 g/mol. The van der Waals surface area contributed by atoms with E-state index in [0.717, 1.165) is 29.6 Å². The van der Waals surface area contributed by atoms with Crippen LogP contribution in [0.3, 0.4) is 0 Å². The highest BCUT2D eigenvalue weighted by Gasteiger charge is 2.46. The first kappa shape index (κ1) is 12.8. The van der Waals surface area contributed by atoms with Gasteiger partial charge < -0.3 is 10.0 Å². The minimum absolute atomic E-state index is 0.582. The molecule has 1 aliphatic heterocycles. The molecule has 1 aromatic heterocycles.